The second-order valence-corrected chi connectivity index (χ2v) is 5.89. The van der Waals surface area contributed by atoms with E-state index in [2.05, 4.69) is 46.0 Å². The molecule has 2 aromatic heterocycles. The van der Waals surface area contributed by atoms with Gasteiger partial charge in [0.2, 0.25) is 0 Å². The van der Waals surface area contributed by atoms with Crippen molar-refractivity contribution >= 4 is 5.65 Å². The van der Waals surface area contributed by atoms with E-state index in [0.29, 0.717) is 5.92 Å². The lowest BCUT2D eigenvalue weighted by Gasteiger charge is -2.17. The van der Waals surface area contributed by atoms with Crippen LogP contribution in [0.15, 0.2) is 54.9 Å². The van der Waals surface area contributed by atoms with Crippen LogP contribution in [-0.2, 0) is 6.54 Å². The molecule has 0 fully saturated rings. The van der Waals surface area contributed by atoms with Gasteiger partial charge in [-0.15, -0.1) is 0 Å². The highest BCUT2D eigenvalue weighted by atomic mass is 16.3. The Balaban J connectivity index is 1.66. The Kier molecular flexibility index (Phi) is 5.05. The van der Waals surface area contributed by atoms with Gasteiger partial charge in [0.15, 0.2) is 0 Å². The van der Waals surface area contributed by atoms with Crippen LogP contribution in [0.25, 0.3) is 5.65 Å². The number of rotatable bonds is 7. The van der Waals surface area contributed by atoms with Gasteiger partial charge in [0.05, 0.1) is 11.9 Å². The first-order valence-corrected chi connectivity index (χ1v) is 8.07. The van der Waals surface area contributed by atoms with Gasteiger partial charge in [-0.2, -0.15) is 0 Å². The maximum atomic E-state index is 9.31. The number of aryl methyl sites for hydroxylation is 1. The second kappa shape index (κ2) is 7.40. The van der Waals surface area contributed by atoms with E-state index in [0.717, 1.165) is 30.9 Å². The van der Waals surface area contributed by atoms with Crippen LogP contribution < -0.4 is 5.32 Å². The predicted molar refractivity (Wildman–Crippen MR) is 92.5 cm³/mol. The summed E-state index contributed by atoms with van der Waals surface area (Å²) in [6, 6.07) is 14.5. The molecule has 0 aliphatic carbocycles. The van der Waals surface area contributed by atoms with E-state index in [1.807, 2.05) is 30.5 Å². The highest BCUT2D eigenvalue weighted by Gasteiger charge is 2.11. The number of nitrogens with one attached hydrogen (secondary N) is 1. The third-order valence-electron chi connectivity index (χ3n) is 4.25. The molecule has 1 unspecified atom stereocenters. The fourth-order valence-corrected chi connectivity index (χ4v) is 2.98. The van der Waals surface area contributed by atoms with Crippen LogP contribution in [0.2, 0.25) is 0 Å². The van der Waals surface area contributed by atoms with Crippen molar-refractivity contribution in [1.29, 1.82) is 0 Å². The van der Waals surface area contributed by atoms with Gasteiger partial charge in [0, 0.05) is 25.9 Å². The van der Waals surface area contributed by atoms with Crippen molar-refractivity contribution < 1.29 is 5.11 Å². The number of imidazole rings is 1. The third kappa shape index (κ3) is 3.60. The molecule has 23 heavy (non-hydrogen) atoms. The summed E-state index contributed by atoms with van der Waals surface area (Å²) in [7, 11) is 0. The number of aliphatic hydroxyl groups excluding tert-OH is 1. The first kappa shape index (κ1) is 15.7. The van der Waals surface area contributed by atoms with Crippen molar-refractivity contribution in [2.24, 2.45) is 0 Å². The highest BCUT2D eigenvalue weighted by molar-refractivity contribution is 5.48. The van der Waals surface area contributed by atoms with E-state index < -0.39 is 0 Å². The lowest BCUT2D eigenvalue weighted by molar-refractivity contribution is 0.273. The number of aliphatic hydroxyl groups is 1. The number of aromatic nitrogens is 2. The molecule has 4 nitrogen and oxygen atoms in total. The third-order valence-corrected chi connectivity index (χ3v) is 4.25. The number of pyridine rings is 1. The molecule has 2 N–H and O–H groups in total. The number of fused-ring (bicyclic) bond motifs is 1. The van der Waals surface area contributed by atoms with Crippen LogP contribution in [0.4, 0.5) is 0 Å². The smallest absolute Gasteiger partial charge is 0.139 e. The van der Waals surface area contributed by atoms with Crippen LogP contribution in [0.3, 0.4) is 0 Å². The molecule has 1 atom stereocenters. The normalized spacial score (nSPS) is 12.6. The van der Waals surface area contributed by atoms with Gasteiger partial charge in [0.1, 0.15) is 5.65 Å². The zero-order valence-electron chi connectivity index (χ0n) is 13.4. The summed E-state index contributed by atoms with van der Waals surface area (Å²) in [6.45, 7) is 3.88. The van der Waals surface area contributed by atoms with Crippen LogP contribution in [0.5, 0.6) is 0 Å². The van der Waals surface area contributed by atoms with Crippen molar-refractivity contribution in [3.63, 3.8) is 0 Å². The van der Waals surface area contributed by atoms with E-state index in [4.69, 9.17) is 0 Å². The fraction of sp³-hybridized carbons (Fsp3) is 0.316. The van der Waals surface area contributed by atoms with E-state index in [1.165, 1.54) is 11.1 Å². The van der Waals surface area contributed by atoms with E-state index in [1.54, 1.807) is 0 Å². The van der Waals surface area contributed by atoms with Crippen molar-refractivity contribution in [3.05, 3.63) is 71.7 Å². The summed E-state index contributed by atoms with van der Waals surface area (Å²) in [5, 5.41) is 12.8. The molecule has 0 saturated heterocycles. The highest BCUT2D eigenvalue weighted by Crippen LogP contribution is 2.18. The van der Waals surface area contributed by atoms with Gasteiger partial charge >= 0.3 is 0 Å². The van der Waals surface area contributed by atoms with E-state index in [-0.39, 0.29) is 6.61 Å². The number of nitrogens with zero attached hydrogens (tertiary/aromatic N) is 2. The quantitative estimate of drug-likeness (QED) is 0.705. The molecule has 2 heterocycles. The van der Waals surface area contributed by atoms with Gasteiger partial charge in [-0.3, -0.25) is 0 Å². The van der Waals surface area contributed by atoms with Crippen molar-refractivity contribution in [1.82, 2.24) is 14.7 Å². The molecular formula is C19H23N3O. The first-order chi connectivity index (χ1) is 11.3. The molecule has 0 radical (unpaired) electrons. The van der Waals surface area contributed by atoms with Crippen LogP contribution in [0.1, 0.15) is 29.2 Å². The Labute approximate surface area is 136 Å². The summed E-state index contributed by atoms with van der Waals surface area (Å²) < 4.78 is 2.13. The Morgan fingerprint density at radius 3 is 2.78 bits per heavy atom. The largest absolute Gasteiger partial charge is 0.396 e. The van der Waals surface area contributed by atoms with Gasteiger partial charge in [-0.05, 0) is 36.5 Å². The minimum Gasteiger partial charge on any atom is -0.396 e. The van der Waals surface area contributed by atoms with E-state index >= 15 is 0 Å². The van der Waals surface area contributed by atoms with Gasteiger partial charge in [0.25, 0.3) is 0 Å². The Bertz CT molecular complexity index is 752. The molecule has 0 saturated carbocycles. The summed E-state index contributed by atoms with van der Waals surface area (Å²) in [5.74, 6) is 0.321. The van der Waals surface area contributed by atoms with Crippen LogP contribution >= 0.6 is 0 Å². The minimum absolute atomic E-state index is 0.204. The molecule has 0 amide bonds. The molecule has 0 spiro atoms. The molecule has 0 aliphatic heterocycles. The summed E-state index contributed by atoms with van der Waals surface area (Å²) in [5.41, 5.74) is 4.61. The lowest BCUT2D eigenvalue weighted by atomic mass is 9.96. The molecule has 0 bridgehead atoms. The lowest BCUT2D eigenvalue weighted by Crippen LogP contribution is -2.22. The zero-order valence-corrected chi connectivity index (χ0v) is 13.4. The average Bonchev–Trinajstić information content (AvgIpc) is 3.00. The number of hydrogen-bond acceptors (Lipinski definition) is 3. The summed E-state index contributed by atoms with van der Waals surface area (Å²) >= 11 is 0. The monoisotopic (exact) mass is 309 g/mol. The molecule has 1 aromatic carbocycles. The second-order valence-electron chi connectivity index (χ2n) is 5.89. The Morgan fingerprint density at radius 2 is 2.00 bits per heavy atom. The van der Waals surface area contributed by atoms with Crippen molar-refractivity contribution in [3.8, 4) is 0 Å². The molecule has 3 rings (SSSR count). The minimum atomic E-state index is 0.204. The Hall–Kier alpha value is -2.17. The van der Waals surface area contributed by atoms with Crippen LogP contribution in [0, 0.1) is 6.92 Å². The predicted octanol–water partition coefficient (Wildman–Crippen LogP) is 2.90. The van der Waals surface area contributed by atoms with E-state index in [9.17, 15) is 5.11 Å². The maximum Gasteiger partial charge on any atom is 0.139 e. The van der Waals surface area contributed by atoms with Gasteiger partial charge < -0.3 is 14.8 Å². The topological polar surface area (TPSA) is 49.6 Å². The SMILES string of the molecule is Cc1cccn2c(CNCC(CCO)c3ccccc3)cnc12. The van der Waals surface area contributed by atoms with Gasteiger partial charge in [-0.25, -0.2) is 4.98 Å². The molecule has 120 valence electrons. The van der Waals surface area contributed by atoms with Crippen molar-refractivity contribution in [2.75, 3.05) is 13.2 Å². The summed E-state index contributed by atoms with van der Waals surface area (Å²) in [4.78, 5) is 4.49. The molecule has 4 heteroatoms. The zero-order chi connectivity index (χ0) is 16.1. The maximum absolute atomic E-state index is 9.31. The average molecular weight is 309 g/mol. The van der Waals surface area contributed by atoms with Gasteiger partial charge in [-0.1, -0.05) is 36.4 Å². The molecule has 0 aliphatic rings. The first-order valence-electron chi connectivity index (χ1n) is 8.07. The molecule has 3 aromatic rings. The number of hydrogen-bond donors (Lipinski definition) is 2. The van der Waals surface area contributed by atoms with Crippen LogP contribution in [-0.4, -0.2) is 27.6 Å². The Morgan fingerprint density at radius 1 is 1.17 bits per heavy atom. The number of benzene rings is 1. The molecular weight excluding hydrogens is 286 g/mol. The summed E-state index contributed by atoms with van der Waals surface area (Å²) in [6.07, 6.45) is 4.75. The fourth-order valence-electron chi connectivity index (χ4n) is 2.98. The standard InChI is InChI=1S/C19H23N3O/c1-15-6-5-10-22-18(14-21-19(15)22)13-20-12-17(9-11-23)16-7-3-2-4-8-16/h2-8,10,14,17,20,23H,9,11-13H2,1H3. The van der Waals surface area contributed by atoms with Crippen molar-refractivity contribution in [2.45, 2.75) is 25.8 Å².